The second-order valence-electron chi connectivity index (χ2n) is 5.57. The van der Waals surface area contributed by atoms with Gasteiger partial charge in [-0.1, -0.05) is 6.07 Å². The summed E-state index contributed by atoms with van der Waals surface area (Å²) >= 11 is 3.31. The highest BCUT2D eigenvalue weighted by atomic mass is 32.2. The molecule has 0 unspecified atom stereocenters. The van der Waals surface area contributed by atoms with Crippen molar-refractivity contribution in [2.45, 2.75) is 10.4 Å². The molecule has 1 aromatic carbocycles. The molecule has 3 heterocycles. The first kappa shape index (κ1) is 17.1. The van der Waals surface area contributed by atoms with Crippen LogP contribution in [0.5, 0.6) is 0 Å². The molecule has 0 saturated carbocycles. The highest BCUT2D eigenvalue weighted by molar-refractivity contribution is 8.00. The lowest BCUT2D eigenvalue weighted by molar-refractivity contribution is -0.140. The van der Waals surface area contributed by atoms with Crippen molar-refractivity contribution < 1.29 is 13.2 Å². The Morgan fingerprint density at radius 3 is 2.65 bits per heavy atom. The number of hydrogen-bond acceptors (Lipinski definition) is 4. The van der Waals surface area contributed by atoms with E-state index in [0.29, 0.717) is 5.56 Å². The highest BCUT2D eigenvalue weighted by Gasteiger charge is 2.35. The van der Waals surface area contributed by atoms with E-state index in [9.17, 15) is 13.2 Å². The van der Waals surface area contributed by atoms with Crippen LogP contribution in [0.3, 0.4) is 0 Å². The van der Waals surface area contributed by atoms with Gasteiger partial charge in [0.25, 0.3) is 0 Å². The number of rotatable bonds is 3. The van der Waals surface area contributed by atoms with Gasteiger partial charge >= 0.3 is 6.18 Å². The molecule has 132 valence electrons. The lowest BCUT2D eigenvalue weighted by atomic mass is 10.0. The van der Waals surface area contributed by atoms with E-state index in [-0.39, 0.29) is 5.56 Å². The van der Waals surface area contributed by atoms with Crippen LogP contribution < -0.4 is 0 Å². The largest absolute Gasteiger partial charge is 0.433 e. The molecule has 0 aliphatic heterocycles. The lowest BCUT2D eigenvalue weighted by Gasteiger charge is -2.09. The minimum atomic E-state index is -4.49. The van der Waals surface area contributed by atoms with Crippen LogP contribution in [0.15, 0.2) is 53.0 Å². The van der Waals surface area contributed by atoms with Crippen molar-refractivity contribution in [3.05, 3.63) is 54.5 Å². The summed E-state index contributed by atoms with van der Waals surface area (Å²) in [6.45, 7) is 0. The second kappa shape index (κ2) is 6.44. The van der Waals surface area contributed by atoms with E-state index >= 15 is 0 Å². The molecule has 3 nitrogen and oxygen atoms in total. The molecule has 0 bridgehead atoms. The SMILES string of the molecule is CSc1ccc(-c2ccnc3ccc(-c4cn[nH]c4C(F)(F)F)cc23)s1. The molecule has 0 aliphatic carbocycles. The number of nitrogens with one attached hydrogen (secondary N) is 1. The molecule has 4 aromatic rings. The first-order chi connectivity index (χ1) is 12.5. The van der Waals surface area contributed by atoms with Crippen molar-refractivity contribution in [3.8, 4) is 21.6 Å². The van der Waals surface area contributed by atoms with Gasteiger partial charge < -0.3 is 0 Å². The summed E-state index contributed by atoms with van der Waals surface area (Å²) in [5.41, 5.74) is 1.34. The van der Waals surface area contributed by atoms with Crippen molar-refractivity contribution in [2.24, 2.45) is 0 Å². The Hall–Kier alpha value is -2.32. The fraction of sp³-hybridized carbons (Fsp3) is 0.111. The number of pyridine rings is 1. The summed E-state index contributed by atoms with van der Waals surface area (Å²) < 4.78 is 40.7. The van der Waals surface area contributed by atoms with Crippen molar-refractivity contribution in [2.75, 3.05) is 6.26 Å². The normalized spacial score (nSPS) is 12.0. The standard InChI is InChI=1S/C18H12F3N3S2/c1-25-16-5-4-15(26-16)11-6-7-22-14-3-2-10(8-12(11)14)13-9-23-24-17(13)18(19,20)21/h2-9H,1H3,(H,23,24). The van der Waals surface area contributed by atoms with Crippen molar-refractivity contribution in [3.63, 3.8) is 0 Å². The summed E-state index contributed by atoms with van der Waals surface area (Å²) in [4.78, 5) is 5.40. The summed E-state index contributed by atoms with van der Waals surface area (Å²) in [6, 6.07) is 11.1. The number of aromatic nitrogens is 3. The predicted molar refractivity (Wildman–Crippen MR) is 99.4 cm³/mol. The Bertz CT molecular complexity index is 1080. The topological polar surface area (TPSA) is 41.6 Å². The molecule has 8 heteroatoms. The zero-order valence-corrected chi connectivity index (χ0v) is 15.1. The van der Waals surface area contributed by atoms with E-state index in [1.165, 1.54) is 10.4 Å². The van der Waals surface area contributed by atoms with Crippen LogP contribution in [0, 0.1) is 0 Å². The van der Waals surface area contributed by atoms with Gasteiger partial charge in [-0.15, -0.1) is 23.1 Å². The number of fused-ring (bicyclic) bond motifs is 1. The van der Waals surface area contributed by atoms with Crippen molar-refractivity contribution in [1.29, 1.82) is 0 Å². The van der Waals surface area contributed by atoms with E-state index < -0.39 is 11.9 Å². The van der Waals surface area contributed by atoms with Crippen LogP contribution in [0.2, 0.25) is 0 Å². The first-order valence-electron chi connectivity index (χ1n) is 7.61. The number of benzene rings is 1. The zero-order chi connectivity index (χ0) is 18.3. The molecule has 0 radical (unpaired) electrons. The third kappa shape index (κ3) is 2.99. The van der Waals surface area contributed by atoms with E-state index in [1.807, 2.05) is 24.5 Å². The Labute approximate surface area is 155 Å². The molecular weight excluding hydrogens is 379 g/mol. The molecule has 0 aliphatic rings. The smallest absolute Gasteiger partial charge is 0.273 e. The summed E-state index contributed by atoms with van der Waals surface area (Å²) in [5.74, 6) is 0. The zero-order valence-electron chi connectivity index (χ0n) is 13.5. The molecule has 0 fully saturated rings. The molecule has 3 aromatic heterocycles. The summed E-state index contributed by atoms with van der Waals surface area (Å²) in [7, 11) is 0. The maximum Gasteiger partial charge on any atom is 0.433 e. The van der Waals surface area contributed by atoms with Gasteiger partial charge in [0.1, 0.15) is 5.69 Å². The van der Waals surface area contributed by atoms with Crippen LogP contribution in [-0.4, -0.2) is 21.4 Å². The minimum absolute atomic E-state index is 0.0326. The van der Waals surface area contributed by atoms with Crippen LogP contribution in [0.1, 0.15) is 5.69 Å². The summed E-state index contributed by atoms with van der Waals surface area (Å²) in [6.07, 6.45) is 0.446. The van der Waals surface area contributed by atoms with Crippen LogP contribution >= 0.6 is 23.1 Å². The molecule has 0 amide bonds. The fourth-order valence-electron chi connectivity index (χ4n) is 2.82. The summed E-state index contributed by atoms with van der Waals surface area (Å²) in [5, 5.41) is 6.45. The molecule has 1 N–H and O–H groups in total. The second-order valence-corrected chi connectivity index (χ2v) is 7.76. The van der Waals surface area contributed by atoms with Crippen LogP contribution in [-0.2, 0) is 6.18 Å². The number of nitrogens with zero attached hydrogens (tertiary/aromatic N) is 2. The maximum absolute atomic E-state index is 13.2. The Balaban J connectivity index is 1.90. The van der Waals surface area contributed by atoms with Gasteiger partial charge in [0, 0.05) is 27.6 Å². The molecule has 0 atom stereocenters. The average Bonchev–Trinajstić information content (AvgIpc) is 3.29. The van der Waals surface area contributed by atoms with E-state index in [4.69, 9.17) is 0 Å². The molecular formula is C18H12F3N3S2. The Kier molecular flexibility index (Phi) is 4.24. The van der Waals surface area contributed by atoms with Gasteiger partial charge in [0.05, 0.1) is 15.9 Å². The first-order valence-corrected chi connectivity index (χ1v) is 9.65. The fourth-order valence-corrected chi connectivity index (χ4v) is 4.41. The maximum atomic E-state index is 13.2. The average molecular weight is 391 g/mol. The minimum Gasteiger partial charge on any atom is -0.273 e. The number of halogens is 3. The molecule has 4 rings (SSSR count). The number of aromatic amines is 1. The van der Waals surface area contributed by atoms with Crippen LogP contribution in [0.25, 0.3) is 32.5 Å². The Morgan fingerprint density at radius 2 is 1.92 bits per heavy atom. The van der Waals surface area contributed by atoms with Gasteiger partial charge in [-0.05, 0) is 42.2 Å². The quantitative estimate of drug-likeness (QED) is 0.430. The van der Waals surface area contributed by atoms with Crippen molar-refractivity contribution >= 4 is 34.0 Å². The number of thiophene rings is 1. The van der Waals surface area contributed by atoms with E-state index in [2.05, 4.69) is 15.2 Å². The van der Waals surface area contributed by atoms with Crippen molar-refractivity contribution in [1.82, 2.24) is 15.2 Å². The third-order valence-electron chi connectivity index (χ3n) is 4.02. The molecule has 26 heavy (non-hydrogen) atoms. The predicted octanol–water partition coefficient (Wildman–Crippen LogP) is 6.09. The van der Waals surface area contributed by atoms with Gasteiger partial charge in [0.15, 0.2) is 0 Å². The highest BCUT2D eigenvalue weighted by Crippen LogP contribution is 2.39. The number of thioether (sulfide) groups is 1. The number of alkyl halides is 3. The third-order valence-corrected chi connectivity index (χ3v) is 6.22. The van der Waals surface area contributed by atoms with Crippen LogP contribution in [0.4, 0.5) is 13.2 Å². The number of H-pyrrole nitrogens is 1. The van der Waals surface area contributed by atoms with Gasteiger partial charge in [0.2, 0.25) is 0 Å². The number of hydrogen-bond donors (Lipinski definition) is 1. The van der Waals surface area contributed by atoms with Gasteiger partial charge in [-0.2, -0.15) is 18.3 Å². The molecule has 0 spiro atoms. The van der Waals surface area contributed by atoms with E-state index in [1.54, 1.807) is 47.5 Å². The Morgan fingerprint density at radius 1 is 1.08 bits per heavy atom. The molecule has 0 saturated heterocycles. The lowest BCUT2D eigenvalue weighted by Crippen LogP contribution is -2.07. The monoisotopic (exact) mass is 391 g/mol. The van der Waals surface area contributed by atoms with Gasteiger partial charge in [-0.3, -0.25) is 10.1 Å². The van der Waals surface area contributed by atoms with Gasteiger partial charge in [-0.25, -0.2) is 0 Å². The van der Waals surface area contributed by atoms with E-state index in [0.717, 1.165) is 21.3 Å².